The molecule has 176 valence electrons. The van der Waals surface area contributed by atoms with Gasteiger partial charge in [0.25, 0.3) is 11.6 Å². The maximum absolute atomic E-state index is 12.7. The van der Waals surface area contributed by atoms with E-state index >= 15 is 0 Å². The summed E-state index contributed by atoms with van der Waals surface area (Å²) in [5.41, 5.74) is 1.58. The van der Waals surface area contributed by atoms with Gasteiger partial charge in [-0.1, -0.05) is 42.0 Å². The van der Waals surface area contributed by atoms with Crippen molar-refractivity contribution in [3.8, 4) is 11.5 Å². The number of nitrogens with zero attached hydrogens (tertiary/aromatic N) is 3. The number of nitro benzene ring substituents is 2. The van der Waals surface area contributed by atoms with E-state index < -0.39 is 33.2 Å². The van der Waals surface area contributed by atoms with E-state index in [0.717, 1.165) is 34.2 Å². The normalized spacial score (nSPS) is 14.2. The molecule has 1 N–H and O–H groups in total. The number of hydrogen-bond acceptors (Lipinski definition) is 7. The summed E-state index contributed by atoms with van der Waals surface area (Å²) in [5, 5.41) is 24.7. The number of benzene rings is 3. The predicted molar refractivity (Wildman–Crippen MR) is 125 cm³/mol. The lowest BCUT2D eigenvalue weighted by atomic mass is 10.1. The monoisotopic (exact) mass is 474 g/mol. The van der Waals surface area contributed by atoms with E-state index in [1.165, 1.54) is 18.2 Å². The SMILES string of the molecule is Cc1cccc(CN2C(=O)N/C(=C/c3ccc(Oc4ccc([N+](=O)[O-])cc4[N+](=O)[O-])cc3)C2=O)c1. The lowest BCUT2D eigenvalue weighted by Gasteiger charge is -2.12. The van der Waals surface area contributed by atoms with Gasteiger partial charge in [0.2, 0.25) is 5.75 Å². The minimum Gasteiger partial charge on any atom is -0.450 e. The van der Waals surface area contributed by atoms with Gasteiger partial charge in [0.15, 0.2) is 0 Å². The second kappa shape index (κ2) is 9.43. The Morgan fingerprint density at radius 3 is 2.37 bits per heavy atom. The maximum atomic E-state index is 12.7. The van der Waals surface area contributed by atoms with Gasteiger partial charge in [-0.15, -0.1) is 0 Å². The fourth-order valence-electron chi connectivity index (χ4n) is 3.48. The molecule has 0 bridgehead atoms. The Morgan fingerprint density at radius 1 is 0.971 bits per heavy atom. The number of non-ortho nitro benzene ring substituents is 1. The fraction of sp³-hybridized carbons (Fsp3) is 0.0833. The van der Waals surface area contributed by atoms with Crippen molar-refractivity contribution in [1.82, 2.24) is 10.2 Å². The molecule has 1 saturated heterocycles. The quantitative estimate of drug-likeness (QED) is 0.226. The molecule has 4 rings (SSSR count). The molecular weight excluding hydrogens is 456 g/mol. The molecule has 0 aromatic heterocycles. The average molecular weight is 474 g/mol. The molecule has 3 aromatic rings. The van der Waals surface area contributed by atoms with Crippen molar-refractivity contribution in [2.45, 2.75) is 13.5 Å². The van der Waals surface area contributed by atoms with Gasteiger partial charge in [-0.05, 0) is 42.3 Å². The maximum Gasteiger partial charge on any atom is 0.329 e. The number of ether oxygens (including phenoxy) is 1. The van der Waals surface area contributed by atoms with Gasteiger partial charge >= 0.3 is 11.7 Å². The molecule has 1 aliphatic rings. The molecule has 11 nitrogen and oxygen atoms in total. The minimum absolute atomic E-state index is 0.113. The smallest absolute Gasteiger partial charge is 0.329 e. The Kier molecular flexibility index (Phi) is 6.23. The number of aryl methyl sites for hydroxylation is 1. The Bertz CT molecular complexity index is 1380. The number of hydrogen-bond donors (Lipinski definition) is 1. The Balaban J connectivity index is 1.49. The molecule has 1 fully saturated rings. The second-order valence-corrected chi connectivity index (χ2v) is 7.71. The summed E-state index contributed by atoms with van der Waals surface area (Å²) in [4.78, 5) is 46.8. The van der Waals surface area contributed by atoms with Crippen LogP contribution in [-0.2, 0) is 11.3 Å². The third-order valence-corrected chi connectivity index (χ3v) is 5.15. The third-order valence-electron chi connectivity index (χ3n) is 5.15. The molecule has 0 aliphatic carbocycles. The molecule has 0 radical (unpaired) electrons. The Hall–Kier alpha value is -5.06. The number of carbonyl (C=O) groups excluding carboxylic acids is 2. The van der Waals surface area contributed by atoms with Gasteiger partial charge in [-0.3, -0.25) is 29.9 Å². The molecule has 0 saturated carbocycles. The average Bonchev–Trinajstić information content (AvgIpc) is 3.07. The van der Waals surface area contributed by atoms with Crippen LogP contribution in [0.4, 0.5) is 16.2 Å². The summed E-state index contributed by atoms with van der Waals surface area (Å²) in [6.45, 7) is 2.07. The number of nitro groups is 2. The highest BCUT2D eigenvalue weighted by Crippen LogP contribution is 2.34. The first-order chi connectivity index (χ1) is 16.7. The summed E-state index contributed by atoms with van der Waals surface area (Å²) in [6, 6.07) is 16.3. The molecule has 35 heavy (non-hydrogen) atoms. The van der Waals surface area contributed by atoms with Crippen LogP contribution in [0.5, 0.6) is 11.5 Å². The van der Waals surface area contributed by atoms with E-state index in [4.69, 9.17) is 4.74 Å². The number of imide groups is 1. The molecule has 11 heteroatoms. The number of carbonyl (C=O) groups is 2. The van der Waals surface area contributed by atoms with Gasteiger partial charge in [0.1, 0.15) is 11.4 Å². The van der Waals surface area contributed by atoms with Crippen molar-refractivity contribution in [2.24, 2.45) is 0 Å². The zero-order chi connectivity index (χ0) is 25.1. The van der Waals surface area contributed by atoms with E-state index in [1.807, 2.05) is 31.2 Å². The van der Waals surface area contributed by atoms with Gasteiger partial charge in [-0.2, -0.15) is 0 Å². The van der Waals surface area contributed by atoms with Crippen LogP contribution in [0.15, 0.2) is 72.4 Å². The molecule has 0 spiro atoms. The van der Waals surface area contributed by atoms with Crippen LogP contribution in [0.1, 0.15) is 16.7 Å². The number of nitrogens with one attached hydrogen (secondary N) is 1. The minimum atomic E-state index is -0.766. The molecular formula is C24H18N4O7. The standard InChI is InChI=1S/C24H18N4O7/c1-15-3-2-4-17(11-15)14-26-23(29)20(25-24(26)30)12-16-5-8-19(9-6-16)35-22-10-7-18(27(31)32)13-21(22)28(33)34/h2-13H,14H2,1H3,(H,25,30)/b20-12+. The van der Waals surface area contributed by atoms with Crippen LogP contribution in [0.3, 0.4) is 0 Å². The summed E-state index contributed by atoms with van der Waals surface area (Å²) >= 11 is 0. The van der Waals surface area contributed by atoms with E-state index in [9.17, 15) is 29.8 Å². The molecule has 3 amide bonds. The van der Waals surface area contributed by atoms with Crippen molar-refractivity contribution in [3.63, 3.8) is 0 Å². The summed E-state index contributed by atoms with van der Waals surface area (Å²) in [7, 11) is 0. The summed E-state index contributed by atoms with van der Waals surface area (Å²) in [5.74, 6) is -0.373. The zero-order valence-corrected chi connectivity index (χ0v) is 18.3. The Labute approximate surface area is 198 Å². The van der Waals surface area contributed by atoms with Crippen molar-refractivity contribution < 1.29 is 24.2 Å². The van der Waals surface area contributed by atoms with E-state index in [0.29, 0.717) is 5.56 Å². The van der Waals surface area contributed by atoms with Crippen molar-refractivity contribution in [2.75, 3.05) is 0 Å². The van der Waals surface area contributed by atoms with E-state index in [2.05, 4.69) is 5.32 Å². The van der Waals surface area contributed by atoms with Crippen LogP contribution in [0.2, 0.25) is 0 Å². The first-order valence-corrected chi connectivity index (χ1v) is 10.3. The topological polar surface area (TPSA) is 145 Å². The van der Waals surface area contributed by atoms with Gasteiger partial charge in [0.05, 0.1) is 22.5 Å². The Morgan fingerprint density at radius 2 is 1.71 bits per heavy atom. The van der Waals surface area contributed by atoms with E-state index in [1.54, 1.807) is 12.1 Å². The highest BCUT2D eigenvalue weighted by Gasteiger charge is 2.33. The van der Waals surface area contributed by atoms with Gasteiger partial charge in [-0.25, -0.2) is 4.79 Å². The van der Waals surface area contributed by atoms with Crippen molar-refractivity contribution >= 4 is 29.4 Å². The van der Waals surface area contributed by atoms with Crippen LogP contribution < -0.4 is 10.1 Å². The molecule has 1 heterocycles. The van der Waals surface area contributed by atoms with Crippen molar-refractivity contribution in [1.29, 1.82) is 0 Å². The van der Waals surface area contributed by atoms with Crippen molar-refractivity contribution in [3.05, 3.63) is 109 Å². The largest absolute Gasteiger partial charge is 0.450 e. The van der Waals surface area contributed by atoms with Gasteiger partial charge in [0, 0.05) is 6.07 Å². The second-order valence-electron chi connectivity index (χ2n) is 7.71. The molecule has 3 aromatic carbocycles. The summed E-state index contributed by atoms with van der Waals surface area (Å²) < 4.78 is 5.53. The van der Waals surface area contributed by atoms with E-state index in [-0.39, 0.29) is 23.7 Å². The molecule has 0 atom stereocenters. The number of urea groups is 1. The highest BCUT2D eigenvalue weighted by molar-refractivity contribution is 6.13. The molecule has 0 unspecified atom stereocenters. The van der Waals surface area contributed by atoms with Crippen LogP contribution in [-0.4, -0.2) is 26.7 Å². The highest BCUT2D eigenvalue weighted by atomic mass is 16.6. The lowest BCUT2D eigenvalue weighted by Crippen LogP contribution is -2.30. The first kappa shape index (κ1) is 23.1. The molecule has 1 aliphatic heterocycles. The van der Waals surface area contributed by atoms with Gasteiger partial charge < -0.3 is 10.1 Å². The predicted octanol–water partition coefficient (Wildman–Crippen LogP) is 4.70. The van der Waals surface area contributed by atoms with Crippen LogP contribution >= 0.6 is 0 Å². The zero-order valence-electron chi connectivity index (χ0n) is 18.3. The van der Waals surface area contributed by atoms with Crippen LogP contribution in [0.25, 0.3) is 6.08 Å². The number of rotatable bonds is 7. The number of amides is 3. The lowest BCUT2D eigenvalue weighted by molar-refractivity contribution is -0.394. The third kappa shape index (κ3) is 5.14. The first-order valence-electron chi connectivity index (χ1n) is 10.3. The van der Waals surface area contributed by atoms with Crippen LogP contribution in [0, 0.1) is 27.2 Å². The summed E-state index contributed by atoms with van der Waals surface area (Å²) in [6.07, 6.45) is 1.51. The fourth-order valence-corrected chi connectivity index (χ4v) is 3.48.